The first-order valence-electron chi connectivity index (χ1n) is 11.7. The van der Waals surface area contributed by atoms with Crippen molar-refractivity contribution in [3.8, 4) is 5.75 Å². The van der Waals surface area contributed by atoms with Crippen molar-refractivity contribution >= 4 is 22.8 Å². The van der Waals surface area contributed by atoms with Crippen LogP contribution in [0.3, 0.4) is 0 Å². The molecule has 0 aliphatic carbocycles. The van der Waals surface area contributed by atoms with Gasteiger partial charge in [0.05, 0.1) is 18.2 Å². The van der Waals surface area contributed by atoms with Crippen molar-refractivity contribution in [2.75, 3.05) is 26.2 Å². The zero-order valence-electron chi connectivity index (χ0n) is 18.6. The number of nitrogens with one attached hydrogen (secondary N) is 1. The van der Waals surface area contributed by atoms with Gasteiger partial charge in [-0.15, -0.1) is 0 Å². The van der Waals surface area contributed by atoms with Crippen LogP contribution in [0.15, 0.2) is 43.0 Å². The van der Waals surface area contributed by atoms with Crippen LogP contribution in [0.4, 0.5) is 0 Å². The Morgan fingerprint density at radius 2 is 1.79 bits per heavy atom. The SMILES string of the molecule is O=C(Cc1cncc(O)c1)N1CCCC(C2CCCN(C(=O)c3cnc4[nH]ccc4c3)C2)C1. The van der Waals surface area contributed by atoms with Gasteiger partial charge in [0.15, 0.2) is 0 Å². The van der Waals surface area contributed by atoms with Crippen LogP contribution < -0.4 is 0 Å². The summed E-state index contributed by atoms with van der Waals surface area (Å²) in [4.78, 5) is 41.4. The number of pyridine rings is 2. The summed E-state index contributed by atoms with van der Waals surface area (Å²) in [5.74, 6) is 0.974. The lowest BCUT2D eigenvalue weighted by atomic mass is 9.80. The van der Waals surface area contributed by atoms with Crippen LogP contribution in [0.5, 0.6) is 5.75 Å². The van der Waals surface area contributed by atoms with E-state index in [2.05, 4.69) is 15.0 Å². The molecule has 0 radical (unpaired) electrons. The maximum atomic E-state index is 13.2. The van der Waals surface area contributed by atoms with Gasteiger partial charge in [-0.25, -0.2) is 4.98 Å². The van der Waals surface area contributed by atoms with Crippen LogP contribution in [0.2, 0.25) is 0 Å². The largest absolute Gasteiger partial charge is 0.506 e. The van der Waals surface area contributed by atoms with E-state index >= 15 is 0 Å². The molecule has 0 saturated carbocycles. The van der Waals surface area contributed by atoms with E-state index in [9.17, 15) is 14.7 Å². The summed E-state index contributed by atoms with van der Waals surface area (Å²) in [6.07, 6.45) is 10.9. The zero-order valence-corrected chi connectivity index (χ0v) is 18.6. The lowest BCUT2D eigenvalue weighted by molar-refractivity contribution is -0.132. The van der Waals surface area contributed by atoms with E-state index in [0.717, 1.165) is 68.5 Å². The van der Waals surface area contributed by atoms with E-state index < -0.39 is 0 Å². The molecule has 8 heteroatoms. The standard InChI is InChI=1S/C25H29N5O3/c31-22-9-17(12-26-14-22)10-23(32)29-7-1-3-19(15-29)20-4-2-8-30(16-20)25(33)21-11-18-5-6-27-24(18)28-13-21/h5-6,9,11-14,19-20,31H,1-4,7-8,10,15-16H2,(H,27,28). The molecule has 3 aromatic rings. The molecule has 2 N–H and O–H groups in total. The Bertz CT molecular complexity index is 1160. The van der Waals surface area contributed by atoms with Gasteiger partial charge in [0.25, 0.3) is 5.91 Å². The molecule has 0 bridgehead atoms. The fraction of sp³-hybridized carbons (Fsp3) is 0.440. The number of piperidine rings is 2. The summed E-state index contributed by atoms with van der Waals surface area (Å²) in [5.41, 5.74) is 2.14. The summed E-state index contributed by atoms with van der Waals surface area (Å²) >= 11 is 0. The molecule has 172 valence electrons. The number of amides is 2. The molecular formula is C25H29N5O3. The Balaban J connectivity index is 1.22. The maximum Gasteiger partial charge on any atom is 0.255 e. The van der Waals surface area contributed by atoms with E-state index in [1.807, 2.05) is 28.1 Å². The van der Waals surface area contributed by atoms with Gasteiger partial charge in [-0.1, -0.05) is 0 Å². The minimum Gasteiger partial charge on any atom is -0.506 e. The van der Waals surface area contributed by atoms with Crippen molar-refractivity contribution in [1.82, 2.24) is 24.8 Å². The predicted octanol–water partition coefficient (Wildman–Crippen LogP) is 3.00. The van der Waals surface area contributed by atoms with Crippen LogP contribution in [0.25, 0.3) is 11.0 Å². The highest BCUT2D eigenvalue weighted by Crippen LogP contribution is 2.31. The van der Waals surface area contributed by atoms with Gasteiger partial charge in [0.2, 0.25) is 5.91 Å². The van der Waals surface area contributed by atoms with Crippen LogP contribution >= 0.6 is 0 Å². The molecule has 2 fully saturated rings. The molecule has 0 aromatic carbocycles. The molecule has 3 aromatic heterocycles. The number of carbonyl (C=O) groups excluding carboxylic acids is 2. The molecule has 2 aliphatic heterocycles. The lowest BCUT2D eigenvalue weighted by Gasteiger charge is -2.41. The highest BCUT2D eigenvalue weighted by molar-refractivity contribution is 5.97. The number of H-pyrrole nitrogens is 1. The first-order valence-corrected chi connectivity index (χ1v) is 11.7. The second-order valence-corrected chi connectivity index (χ2v) is 9.26. The molecular weight excluding hydrogens is 418 g/mol. The van der Waals surface area contributed by atoms with Crippen LogP contribution in [-0.2, 0) is 11.2 Å². The number of nitrogens with zero attached hydrogens (tertiary/aromatic N) is 4. The topological polar surface area (TPSA) is 102 Å². The molecule has 0 spiro atoms. The number of aromatic hydroxyl groups is 1. The molecule has 5 rings (SSSR count). The van der Waals surface area contributed by atoms with Crippen LogP contribution in [0.1, 0.15) is 41.6 Å². The Kier molecular flexibility index (Phi) is 5.98. The highest BCUT2D eigenvalue weighted by atomic mass is 16.3. The number of rotatable bonds is 4. The van der Waals surface area contributed by atoms with Crippen molar-refractivity contribution in [3.63, 3.8) is 0 Å². The smallest absolute Gasteiger partial charge is 0.255 e. The zero-order chi connectivity index (χ0) is 22.8. The molecule has 2 atom stereocenters. The van der Waals surface area contributed by atoms with Gasteiger partial charge < -0.3 is 19.9 Å². The minimum absolute atomic E-state index is 0.0374. The van der Waals surface area contributed by atoms with Crippen molar-refractivity contribution in [2.24, 2.45) is 11.8 Å². The molecule has 2 amide bonds. The average molecular weight is 448 g/mol. The van der Waals surface area contributed by atoms with E-state index in [1.165, 1.54) is 6.20 Å². The van der Waals surface area contributed by atoms with E-state index in [1.54, 1.807) is 18.5 Å². The molecule has 2 aliphatic rings. The molecule has 2 unspecified atom stereocenters. The molecule has 33 heavy (non-hydrogen) atoms. The van der Waals surface area contributed by atoms with Crippen molar-refractivity contribution in [2.45, 2.75) is 32.1 Å². The second kappa shape index (κ2) is 9.21. The Morgan fingerprint density at radius 3 is 2.58 bits per heavy atom. The minimum atomic E-state index is 0.0374. The van der Waals surface area contributed by atoms with Crippen molar-refractivity contribution < 1.29 is 14.7 Å². The van der Waals surface area contributed by atoms with E-state index in [4.69, 9.17) is 0 Å². The number of aromatic nitrogens is 3. The number of carbonyl (C=O) groups is 2. The van der Waals surface area contributed by atoms with E-state index in [0.29, 0.717) is 17.4 Å². The Hall–Kier alpha value is -3.42. The Labute approximate surface area is 192 Å². The first kappa shape index (κ1) is 21.4. The molecule has 5 heterocycles. The van der Waals surface area contributed by atoms with Crippen LogP contribution in [-0.4, -0.2) is 67.9 Å². The fourth-order valence-corrected chi connectivity index (χ4v) is 5.30. The Morgan fingerprint density at radius 1 is 1.03 bits per heavy atom. The number of aromatic amines is 1. The van der Waals surface area contributed by atoms with Crippen molar-refractivity contribution in [3.05, 3.63) is 54.1 Å². The molecule has 2 saturated heterocycles. The monoisotopic (exact) mass is 447 g/mol. The quantitative estimate of drug-likeness (QED) is 0.640. The van der Waals surface area contributed by atoms with Gasteiger partial charge in [0, 0.05) is 50.2 Å². The third-order valence-electron chi connectivity index (χ3n) is 7.01. The third-order valence-corrected chi connectivity index (χ3v) is 7.01. The van der Waals surface area contributed by atoms with Gasteiger partial charge >= 0.3 is 0 Å². The predicted molar refractivity (Wildman–Crippen MR) is 124 cm³/mol. The summed E-state index contributed by atoms with van der Waals surface area (Å²) in [6, 6.07) is 5.43. The highest BCUT2D eigenvalue weighted by Gasteiger charge is 2.33. The third kappa shape index (κ3) is 4.69. The second-order valence-electron chi connectivity index (χ2n) is 9.26. The van der Waals surface area contributed by atoms with Gasteiger partial charge in [-0.3, -0.25) is 14.6 Å². The summed E-state index contributed by atoms with van der Waals surface area (Å²) < 4.78 is 0. The number of hydrogen-bond acceptors (Lipinski definition) is 5. The van der Waals surface area contributed by atoms with Crippen molar-refractivity contribution in [1.29, 1.82) is 0 Å². The normalized spacial score (nSPS) is 21.3. The summed E-state index contributed by atoms with van der Waals surface area (Å²) in [6.45, 7) is 2.99. The first-order chi connectivity index (χ1) is 16.1. The van der Waals surface area contributed by atoms with Gasteiger partial charge in [0.1, 0.15) is 11.4 Å². The lowest BCUT2D eigenvalue weighted by Crippen LogP contribution is -2.47. The number of likely N-dealkylation sites (tertiary alicyclic amines) is 2. The summed E-state index contributed by atoms with van der Waals surface area (Å²) in [7, 11) is 0. The van der Waals surface area contributed by atoms with Gasteiger partial charge in [-0.2, -0.15) is 0 Å². The fourth-order valence-electron chi connectivity index (χ4n) is 5.30. The number of fused-ring (bicyclic) bond motifs is 1. The van der Waals surface area contributed by atoms with Gasteiger partial charge in [-0.05, 0) is 61.3 Å². The summed E-state index contributed by atoms with van der Waals surface area (Å²) in [5, 5.41) is 10.6. The van der Waals surface area contributed by atoms with Crippen LogP contribution in [0, 0.1) is 11.8 Å². The molecule has 8 nitrogen and oxygen atoms in total. The number of hydrogen-bond donors (Lipinski definition) is 2. The average Bonchev–Trinajstić information content (AvgIpc) is 3.32. The van der Waals surface area contributed by atoms with E-state index in [-0.39, 0.29) is 24.0 Å². The maximum absolute atomic E-state index is 13.2.